The molecule has 1 N–H and O–H groups in total. The fourth-order valence-electron chi connectivity index (χ4n) is 1.79. The molecule has 3 heteroatoms. The smallest absolute Gasteiger partial charge is 0.112 e. The monoisotopic (exact) mass is 246 g/mol. The Morgan fingerprint density at radius 3 is 2.65 bits per heavy atom. The van der Waals surface area contributed by atoms with E-state index in [9.17, 15) is 0 Å². The van der Waals surface area contributed by atoms with Crippen molar-refractivity contribution in [1.29, 1.82) is 0 Å². The molecule has 0 atom stereocenters. The molecule has 1 aromatic heterocycles. The molecule has 1 aromatic carbocycles. The zero-order valence-corrected chi connectivity index (χ0v) is 11.4. The second kappa shape index (κ2) is 5.32. The molecule has 0 radical (unpaired) electrons. The normalized spacial score (nSPS) is 10.5. The van der Waals surface area contributed by atoms with Crippen LogP contribution in [0, 0.1) is 13.8 Å². The van der Waals surface area contributed by atoms with Crippen molar-refractivity contribution in [1.82, 2.24) is 4.98 Å². The van der Waals surface area contributed by atoms with Crippen molar-refractivity contribution in [2.45, 2.75) is 33.7 Å². The van der Waals surface area contributed by atoms with E-state index in [2.05, 4.69) is 55.3 Å². The molecule has 90 valence electrons. The molecular formula is C14H18N2S. The zero-order chi connectivity index (χ0) is 12.3. The number of nitrogens with zero attached hydrogens (tertiary/aromatic N) is 1. The second-order valence-electron chi connectivity index (χ2n) is 4.11. The van der Waals surface area contributed by atoms with Gasteiger partial charge in [-0.3, -0.25) is 0 Å². The molecule has 0 bridgehead atoms. The van der Waals surface area contributed by atoms with Gasteiger partial charge in [0.05, 0.1) is 12.2 Å². The Hall–Kier alpha value is -1.35. The maximum Gasteiger partial charge on any atom is 0.112 e. The van der Waals surface area contributed by atoms with Crippen LogP contribution >= 0.6 is 11.3 Å². The summed E-state index contributed by atoms with van der Waals surface area (Å²) in [6.07, 6.45) is 1.05. The van der Waals surface area contributed by atoms with E-state index in [1.54, 1.807) is 11.3 Å². The Balaban J connectivity index is 2.07. The van der Waals surface area contributed by atoms with Gasteiger partial charge in [0, 0.05) is 10.6 Å². The Morgan fingerprint density at radius 2 is 2.00 bits per heavy atom. The molecule has 0 unspecified atom stereocenters. The molecule has 0 aliphatic carbocycles. The number of para-hydroxylation sites is 1. The van der Waals surface area contributed by atoms with Crippen LogP contribution < -0.4 is 5.32 Å². The fraction of sp³-hybridized carbons (Fsp3) is 0.357. The van der Waals surface area contributed by atoms with Crippen molar-refractivity contribution < 1.29 is 0 Å². The molecule has 0 saturated heterocycles. The summed E-state index contributed by atoms with van der Waals surface area (Å²) in [7, 11) is 0. The number of rotatable bonds is 4. The predicted octanol–water partition coefficient (Wildman–Crippen LogP) is 3.93. The average molecular weight is 246 g/mol. The summed E-state index contributed by atoms with van der Waals surface area (Å²) in [5.41, 5.74) is 3.73. The molecule has 0 aliphatic heterocycles. The molecular weight excluding hydrogens is 228 g/mol. The molecule has 2 rings (SSSR count). The lowest BCUT2D eigenvalue weighted by atomic mass is 10.1. The molecule has 2 nitrogen and oxygen atoms in total. The minimum atomic E-state index is 0.816. The first kappa shape index (κ1) is 12.1. The highest BCUT2D eigenvalue weighted by atomic mass is 32.1. The third-order valence-corrected chi connectivity index (χ3v) is 3.97. The highest BCUT2D eigenvalue weighted by Crippen LogP contribution is 2.20. The molecule has 17 heavy (non-hydrogen) atoms. The number of nitrogens with one attached hydrogen (secondary N) is 1. The van der Waals surface area contributed by atoms with Crippen LogP contribution in [-0.4, -0.2) is 4.98 Å². The standard InChI is InChI=1S/C14H18N2S/c1-4-12-7-5-6-8-13(12)15-9-14-16-10(2)11(3)17-14/h5-8,15H,4,9H2,1-3H3. The predicted molar refractivity (Wildman–Crippen MR) is 74.7 cm³/mol. The number of thiazole rings is 1. The van der Waals surface area contributed by atoms with Gasteiger partial charge in [-0.25, -0.2) is 4.98 Å². The quantitative estimate of drug-likeness (QED) is 0.884. The van der Waals surface area contributed by atoms with E-state index in [-0.39, 0.29) is 0 Å². The summed E-state index contributed by atoms with van der Waals surface area (Å²) in [6, 6.07) is 8.45. The van der Waals surface area contributed by atoms with Gasteiger partial charge in [0.2, 0.25) is 0 Å². The van der Waals surface area contributed by atoms with Gasteiger partial charge in [-0.2, -0.15) is 0 Å². The lowest BCUT2D eigenvalue weighted by molar-refractivity contribution is 1.05. The van der Waals surface area contributed by atoms with E-state index in [1.807, 2.05) is 0 Å². The summed E-state index contributed by atoms with van der Waals surface area (Å²) >= 11 is 1.77. The second-order valence-corrected chi connectivity index (χ2v) is 5.40. The maximum atomic E-state index is 4.54. The van der Waals surface area contributed by atoms with Gasteiger partial charge in [0.1, 0.15) is 5.01 Å². The average Bonchev–Trinajstić information content (AvgIpc) is 2.66. The van der Waals surface area contributed by atoms with Crippen LogP contribution in [0.25, 0.3) is 0 Å². The number of anilines is 1. The molecule has 0 saturated carbocycles. The lowest BCUT2D eigenvalue weighted by Gasteiger charge is -2.09. The van der Waals surface area contributed by atoms with Gasteiger partial charge >= 0.3 is 0 Å². The third-order valence-electron chi connectivity index (χ3n) is 2.90. The highest BCUT2D eigenvalue weighted by molar-refractivity contribution is 7.11. The van der Waals surface area contributed by atoms with Crippen LogP contribution in [0.1, 0.15) is 28.1 Å². The highest BCUT2D eigenvalue weighted by Gasteiger charge is 2.04. The summed E-state index contributed by atoms with van der Waals surface area (Å²) < 4.78 is 0. The number of benzene rings is 1. The van der Waals surface area contributed by atoms with Gasteiger partial charge in [-0.05, 0) is 31.9 Å². The van der Waals surface area contributed by atoms with Crippen LogP contribution in [0.15, 0.2) is 24.3 Å². The van der Waals surface area contributed by atoms with Crippen LogP contribution in [0.5, 0.6) is 0 Å². The molecule has 2 aromatic rings. The topological polar surface area (TPSA) is 24.9 Å². The van der Waals surface area contributed by atoms with Gasteiger partial charge in [0.25, 0.3) is 0 Å². The first-order valence-corrected chi connectivity index (χ1v) is 6.77. The third kappa shape index (κ3) is 2.86. The number of hydrogen-bond acceptors (Lipinski definition) is 3. The SMILES string of the molecule is CCc1ccccc1NCc1nc(C)c(C)s1. The van der Waals surface area contributed by atoms with Crippen molar-refractivity contribution in [3.8, 4) is 0 Å². The van der Waals surface area contributed by atoms with Gasteiger partial charge < -0.3 is 5.32 Å². The molecule has 0 aliphatic rings. The van der Waals surface area contributed by atoms with Crippen molar-refractivity contribution in [2.24, 2.45) is 0 Å². The maximum absolute atomic E-state index is 4.54. The van der Waals surface area contributed by atoms with E-state index in [0.717, 1.165) is 23.7 Å². The number of aromatic nitrogens is 1. The van der Waals surface area contributed by atoms with Gasteiger partial charge in [0.15, 0.2) is 0 Å². The van der Waals surface area contributed by atoms with Crippen LogP contribution in [0.4, 0.5) is 5.69 Å². The fourth-order valence-corrected chi connectivity index (χ4v) is 2.66. The number of hydrogen-bond donors (Lipinski definition) is 1. The minimum absolute atomic E-state index is 0.816. The Bertz CT molecular complexity index is 483. The van der Waals surface area contributed by atoms with Crippen LogP contribution in [-0.2, 0) is 13.0 Å². The minimum Gasteiger partial charge on any atom is -0.378 e. The van der Waals surface area contributed by atoms with Crippen LogP contribution in [0.3, 0.4) is 0 Å². The Morgan fingerprint density at radius 1 is 1.24 bits per heavy atom. The summed E-state index contributed by atoms with van der Waals surface area (Å²) in [5.74, 6) is 0. The Kier molecular flexibility index (Phi) is 3.79. The van der Waals surface area contributed by atoms with Crippen molar-refractivity contribution in [3.05, 3.63) is 45.4 Å². The Labute approximate surface area is 107 Å². The number of aryl methyl sites for hydroxylation is 3. The van der Waals surface area contributed by atoms with E-state index in [4.69, 9.17) is 0 Å². The summed E-state index contributed by atoms with van der Waals surface area (Å²) in [5, 5.41) is 4.63. The van der Waals surface area contributed by atoms with E-state index in [0.29, 0.717) is 0 Å². The zero-order valence-electron chi connectivity index (χ0n) is 10.6. The van der Waals surface area contributed by atoms with Crippen LogP contribution in [0.2, 0.25) is 0 Å². The van der Waals surface area contributed by atoms with E-state index < -0.39 is 0 Å². The first-order valence-electron chi connectivity index (χ1n) is 5.95. The van der Waals surface area contributed by atoms with Crippen molar-refractivity contribution in [2.75, 3.05) is 5.32 Å². The first-order chi connectivity index (χ1) is 8.20. The van der Waals surface area contributed by atoms with E-state index in [1.165, 1.54) is 16.1 Å². The molecule has 0 amide bonds. The molecule has 1 heterocycles. The van der Waals surface area contributed by atoms with Gasteiger partial charge in [-0.1, -0.05) is 25.1 Å². The molecule has 0 fully saturated rings. The van der Waals surface area contributed by atoms with Crippen molar-refractivity contribution >= 4 is 17.0 Å². The van der Waals surface area contributed by atoms with Gasteiger partial charge in [-0.15, -0.1) is 11.3 Å². The largest absolute Gasteiger partial charge is 0.378 e. The summed E-state index contributed by atoms with van der Waals surface area (Å²) in [4.78, 5) is 5.85. The molecule has 0 spiro atoms. The van der Waals surface area contributed by atoms with E-state index >= 15 is 0 Å². The van der Waals surface area contributed by atoms with Crippen molar-refractivity contribution in [3.63, 3.8) is 0 Å². The summed E-state index contributed by atoms with van der Waals surface area (Å²) in [6.45, 7) is 7.18. The lowest BCUT2D eigenvalue weighted by Crippen LogP contribution is -2.01.